The molecule has 0 amide bonds. The largest absolute Gasteiger partial charge is 0.464 e. The van der Waals surface area contributed by atoms with Crippen LogP contribution in [-0.2, 0) is 14.3 Å². The van der Waals surface area contributed by atoms with Gasteiger partial charge in [-0.3, -0.25) is 5.32 Å². The highest BCUT2D eigenvalue weighted by Crippen LogP contribution is 2.31. The summed E-state index contributed by atoms with van der Waals surface area (Å²) in [6.07, 6.45) is -4.72. The fourth-order valence-corrected chi connectivity index (χ4v) is 0.967. The highest BCUT2D eigenvalue weighted by atomic mass is 19.4. The van der Waals surface area contributed by atoms with E-state index in [9.17, 15) is 18.0 Å². The molecule has 0 aliphatic carbocycles. The summed E-state index contributed by atoms with van der Waals surface area (Å²) in [5.74, 6) is -1.33. The Morgan fingerprint density at radius 3 is 2.31 bits per heavy atom. The molecule has 0 saturated heterocycles. The summed E-state index contributed by atoms with van der Waals surface area (Å²) >= 11 is 0. The third-order valence-electron chi connectivity index (χ3n) is 2.04. The third kappa shape index (κ3) is 3.64. The van der Waals surface area contributed by atoms with Gasteiger partial charge in [-0.05, 0) is 13.8 Å². The average Bonchev–Trinajstić information content (AvgIpc) is 2.16. The lowest BCUT2D eigenvalue weighted by molar-refractivity contribution is -0.209. The molecule has 0 aromatic rings. The van der Waals surface area contributed by atoms with Gasteiger partial charge in [-0.15, -0.1) is 0 Å². The normalized spacial score (nSPS) is 15.6. The van der Waals surface area contributed by atoms with E-state index in [1.165, 1.54) is 14.0 Å². The van der Waals surface area contributed by atoms with Crippen molar-refractivity contribution < 1.29 is 27.4 Å². The quantitative estimate of drug-likeness (QED) is 0.560. The van der Waals surface area contributed by atoms with Crippen LogP contribution >= 0.6 is 0 Å². The van der Waals surface area contributed by atoms with Crippen molar-refractivity contribution in [1.82, 2.24) is 5.32 Å². The average molecular weight is 243 g/mol. The van der Waals surface area contributed by atoms with Crippen LogP contribution < -0.4 is 5.32 Å². The summed E-state index contributed by atoms with van der Waals surface area (Å²) < 4.78 is 47.1. The van der Waals surface area contributed by atoms with Crippen LogP contribution in [0.15, 0.2) is 0 Å². The standard InChI is InChI=1S/C9H16F3NO3/c1-4-16-7(14)8(2,9(10,11)12)13-5-6-15-3/h13H,4-6H2,1-3H3. The first-order valence-electron chi connectivity index (χ1n) is 4.77. The van der Waals surface area contributed by atoms with Crippen molar-refractivity contribution in [3.8, 4) is 0 Å². The molecule has 0 saturated carbocycles. The van der Waals surface area contributed by atoms with E-state index in [1.54, 1.807) is 0 Å². The molecule has 0 bridgehead atoms. The lowest BCUT2D eigenvalue weighted by Gasteiger charge is -2.30. The zero-order chi connectivity index (χ0) is 12.8. The van der Waals surface area contributed by atoms with Gasteiger partial charge < -0.3 is 9.47 Å². The number of hydrogen-bond donors (Lipinski definition) is 1. The minimum atomic E-state index is -4.72. The highest BCUT2D eigenvalue weighted by molar-refractivity contribution is 5.81. The summed E-state index contributed by atoms with van der Waals surface area (Å²) in [5.41, 5.74) is -2.69. The number of ether oxygens (including phenoxy) is 2. The fourth-order valence-electron chi connectivity index (χ4n) is 0.967. The Hall–Kier alpha value is -0.820. The molecule has 96 valence electrons. The lowest BCUT2D eigenvalue weighted by atomic mass is 10.0. The number of carbonyl (C=O) groups is 1. The second kappa shape index (κ2) is 6.05. The van der Waals surface area contributed by atoms with Gasteiger partial charge in [-0.25, -0.2) is 4.79 Å². The Bertz CT molecular complexity index is 233. The zero-order valence-corrected chi connectivity index (χ0v) is 9.48. The molecule has 16 heavy (non-hydrogen) atoms. The van der Waals surface area contributed by atoms with E-state index in [1.807, 2.05) is 0 Å². The maximum atomic E-state index is 12.7. The van der Waals surface area contributed by atoms with Crippen molar-refractivity contribution >= 4 is 5.97 Å². The molecule has 1 unspecified atom stereocenters. The number of esters is 1. The Morgan fingerprint density at radius 1 is 1.38 bits per heavy atom. The van der Waals surface area contributed by atoms with Crippen molar-refractivity contribution in [3.05, 3.63) is 0 Å². The molecule has 1 atom stereocenters. The monoisotopic (exact) mass is 243 g/mol. The molecular formula is C9H16F3NO3. The molecule has 0 aromatic heterocycles. The van der Waals surface area contributed by atoms with Gasteiger partial charge in [0.2, 0.25) is 5.54 Å². The molecule has 1 N–H and O–H groups in total. The molecule has 0 radical (unpaired) electrons. The first kappa shape index (κ1) is 15.2. The molecule has 0 spiro atoms. The van der Waals surface area contributed by atoms with Crippen LogP contribution in [0.25, 0.3) is 0 Å². The van der Waals surface area contributed by atoms with Gasteiger partial charge in [0.1, 0.15) is 0 Å². The number of hydrogen-bond acceptors (Lipinski definition) is 4. The summed E-state index contributed by atoms with van der Waals surface area (Å²) in [6.45, 7) is 2.08. The zero-order valence-electron chi connectivity index (χ0n) is 9.48. The highest BCUT2D eigenvalue weighted by Gasteiger charge is 2.57. The summed E-state index contributed by atoms with van der Waals surface area (Å²) in [7, 11) is 1.36. The summed E-state index contributed by atoms with van der Waals surface area (Å²) in [4.78, 5) is 11.3. The number of rotatable bonds is 6. The van der Waals surface area contributed by atoms with Gasteiger partial charge >= 0.3 is 12.1 Å². The number of nitrogens with one attached hydrogen (secondary N) is 1. The van der Waals surface area contributed by atoms with Gasteiger partial charge in [-0.2, -0.15) is 13.2 Å². The first-order chi connectivity index (χ1) is 7.29. The van der Waals surface area contributed by atoms with Gasteiger partial charge in [0.05, 0.1) is 13.2 Å². The Morgan fingerprint density at radius 2 is 1.94 bits per heavy atom. The number of carbonyl (C=O) groups excluding carboxylic acids is 1. The van der Waals surface area contributed by atoms with E-state index in [2.05, 4.69) is 14.8 Å². The number of halogens is 3. The van der Waals surface area contributed by atoms with Crippen LogP contribution in [0.4, 0.5) is 13.2 Å². The van der Waals surface area contributed by atoms with E-state index >= 15 is 0 Å². The van der Waals surface area contributed by atoms with Crippen LogP contribution in [-0.4, -0.2) is 44.6 Å². The van der Waals surface area contributed by atoms with Crippen molar-refractivity contribution in [2.75, 3.05) is 26.9 Å². The van der Waals surface area contributed by atoms with Crippen LogP contribution in [0.3, 0.4) is 0 Å². The molecule has 0 heterocycles. The van der Waals surface area contributed by atoms with Crippen molar-refractivity contribution in [1.29, 1.82) is 0 Å². The Kier molecular flexibility index (Phi) is 5.74. The van der Waals surface area contributed by atoms with Gasteiger partial charge in [0, 0.05) is 13.7 Å². The first-order valence-corrected chi connectivity index (χ1v) is 4.77. The molecule has 0 fully saturated rings. The van der Waals surface area contributed by atoms with E-state index in [0.29, 0.717) is 0 Å². The molecule has 0 rings (SSSR count). The molecule has 7 heteroatoms. The van der Waals surface area contributed by atoms with Crippen molar-refractivity contribution in [2.45, 2.75) is 25.6 Å². The predicted molar refractivity (Wildman–Crippen MR) is 51.0 cm³/mol. The minimum absolute atomic E-state index is 0.0745. The molecular weight excluding hydrogens is 227 g/mol. The Balaban J connectivity index is 4.68. The smallest absolute Gasteiger partial charge is 0.417 e. The van der Waals surface area contributed by atoms with Crippen LogP contribution in [0.1, 0.15) is 13.8 Å². The molecule has 0 aromatic carbocycles. The van der Waals surface area contributed by atoms with Gasteiger partial charge in [-0.1, -0.05) is 0 Å². The van der Waals surface area contributed by atoms with E-state index in [0.717, 1.165) is 6.92 Å². The van der Waals surface area contributed by atoms with E-state index < -0.39 is 17.7 Å². The van der Waals surface area contributed by atoms with Crippen LogP contribution in [0.5, 0.6) is 0 Å². The van der Waals surface area contributed by atoms with Crippen LogP contribution in [0.2, 0.25) is 0 Å². The van der Waals surface area contributed by atoms with Crippen molar-refractivity contribution in [3.63, 3.8) is 0 Å². The summed E-state index contributed by atoms with van der Waals surface area (Å²) in [6, 6.07) is 0. The summed E-state index contributed by atoms with van der Waals surface area (Å²) in [5, 5.41) is 2.10. The maximum absolute atomic E-state index is 12.7. The lowest BCUT2D eigenvalue weighted by Crippen LogP contribution is -2.61. The third-order valence-corrected chi connectivity index (χ3v) is 2.04. The molecule has 4 nitrogen and oxygen atoms in total. The maximum Gasteiger partial charge on any atom is 0.417 e. The SMILES string of the molecule is CCOC(=O)C(C)(NCCOC)C(F)(F)F. The second-order valence-corrected chi connectivity index (χ2v) is 3.26. The Labute approximate surface area is 92.1 Å². The second-order valence-electron chi connectivity index (χ2n) is 3.26. The van der Waals surface area contributed by atoms with E-state index in [4.69, 9.17) is 0 Å². The van der Waals surface area contributed by atoms with Gasteiger partial charge in [0.15, 0.2) is 0 Å². The number of alkyl halides is 3. The van der Waals surface area contributed by atoms with E-state index in [-0.39, 0.29) is 19.8 Å². The van der Waals surface area contributed by atoms with Gasteiger partial charge in [0.25, 0.3) is 0 Å². The number of methoxy groups -OCH3 is 1. The topological polar surface area (TPSA) is 47.6 Å². The van der Waals surface area contributed by atoms with Crippen LogP contribution in [0, 0.1) is 0 Å². The minimum Gasteiger partial charge on any atom is -0.464 e. The fraction of sp³-hybridized carbons (Fsp3) is 0.889. The van der Waals surface area contributed by atoms with Crippen molar-refractivity contribution in [2.24, 2.45) is 0 Å². The molecule has 0 aliphatic rings. The molecule has 0 aliphatic heterocycles. The predicted octanol–water partition coefficient (Wildman–Crippen LogP) is 1.11.